The number of halogens is 4. The monoisotopic (exact) mass is 506 g/mol. The molecule has 0 aliphatic heterocycles. The van der Waals surface area contributed by atoms with Crippen molar-refractivity contribution in [2.24, 2.45) is 0 Å². The summed E-state index contributed by atoms with van der Waals surface area (Å²) < 4.78 is 40.0. The average Bonchev–Trinajstić information content (AvgIpc) is 2.78. The Labute approximate surface area is 204 Å². The minimum Gasteiger partial charge on any atom is -0.325 e. The zero-order valence-corrected chi connectivity index (χ0v) is 19.9. The van der Waals surface area contributed by atoms with E-state index in [4.69, 9.17) is 11.6 Å². The first-order chi connectivity index (χ1) is 16.1. The van der Waals surface area contributed by atoms with Gasteiger partial charge in [0.25, 0.3) is 5.91 Å². The lowest BCUT2D eigenvalue weighted by molar-refractivity contribution is -0.137. The number of anilines is 2. The minimum absolute atomic E-state index is 0.0729. The van der Waals surface area contributed by atoms with E-state index in [9.17, 15) is 22.8 Å². The Morgan fingerprint density at radius 1 is 1.00 bits per heavy atom. The van der Waals surface area contributed by atoms with Crippen LogP contribution in [0.3, 0.4) is 0 Å². The summed E-state index contributed by atoms with van der Waals surface area (Å²) in [7, 11) is 0. The van der Waals surface area contributed by atoms with E-state index in [1.807, 2.05) is 19.1 Å². The van der Waals surface area contributed by atoms with Crippen LogP contribution in [0, 0.1) is 6.92 Å². The smallest absolute Gasteiger partial charge is 0.325 e. The maximum absolute atomic E-state index is 13.3. The summed E-state index contributed by atoms with van der Waals surface area (Å²) in [6, 6.07) is 17.3. The van der Waals surface area contributed by atoms with Crippen LogP contribution in [0.25, 0.3) is 0 Å². The summed E-state index contributed by atoms with van der Waals surface area (Å²) in [5, 5.41) is 4.47. The number of rotatable bonds is 7. The lowest BCUT2D eigenvalue weighted by atomic mass is 10.1. The highest BCUT2D eigenvalue weighted by Gasteiger charge is 2.34. The third-order valence-electron chi connectivity index (χ3n) is 4.89. The summed E-state index contributed by atoms with van der Waals surface area (Å²) in [6.07, 6.45) is -4.28. The van der Waals surface area contributed by atoms with Crippen LogP contribution in [0.2, 0.25) is 5.02 Å². The van der Waals surface area contributed by atoms with Gasteiger partial charge >= 0.3 is 6.18 Å². The quantitative estimate of drug-likeness (QED) is 0.328. The van der Waals surface area contributed by atoms with Gasteiger partial charge in [-0.2, -0.15) is 13.2 Å². The Morgan fingerprint density at radius 3 is 2.35 bits per heavy atom. The first kappa shape index (κ1) is 25.6. The topological polar surface area (TPSA) is 58.2 Å². The molecule has 3 rings (SSSR count). The largest absolute Gasteiger partial charge is 0.418 e. The van der Waals surface area contributed by atoms with Crippen LogP contribution in [0.4, 0.5) is 24.5 Å². The van der Waals surface area contributed by atoms with Gasteiger partial charge in [0.1, 0.15) is 0 Å². The third kappa shape index (κ3) is 6.77. The first-order valence-electron chi connectivity index (χ1n) is 10.4. The summed E-state index contributed by atoms with van der Waals surface area (Å²) in [5.41, 5.74) is 0.745. The Bertz CT molecular complexity index is 1180. The number of hydrogen-bond acceptors (Lipinski definition) is 3. The highest BCUT2D eigenvalue weighted by atomic mass is 35.5. The molecule has 0 fully saturated rings. The highest BCUT2D eigenvalue weighted by Crippen LogP contribution is 2.37. The number of aryl methyl sites for hydroxylation is 1. The van der Waals surface area contributed by atoms with E-state index in [1.54, 1.807) is 43.3 Å². The Morgan fingerprint density at radius 2 is 1.71 bits per heavy atom. The third-order valence-corrected chi connectivity index (χ3v) is 6.49. The lowest BCUT2D eigenvalue weighted by Crippen LogP contribution is -2.26. The van der Waals surface area contributed by atoms with Crippen molar-refractivity contribution in [3.63, 3.8) is 0 Å². The Kier molecular flexibility index (Phi) is 8.28. The minimum atomic E-state index is -4.66. The van der Waals surface area contributed by atoms with Gasteiger partial charge in [0.2, 0.25) is 5.91 Å². The van der Waals surface area contributed by atoms with Crippen LogP contribution in [-0.4, -0.2) is 17.1 Å². The lowest BCUT2D eigenvalue weighted by Gasteiger charge is -2.18. The van der Waals surface area contributed by atoms with E-state index >= 15 is 0 Å². The van der Waals surface area contributed by atoms with Gasteiger partial charge in [-0.15, -0.1) is 11.8 Å². The fourth-order valence-corrected chi connectivity index (χ4v) is 4.30. The van der Waals surface area contributed by atoms with Crippen molar-refractivity contribution >= 4 is 46.6 Å². The second-order valence-corrected chi connectivity index (χ2v) is 9.25. The Hall–Kier alpha value is -2.97. The zero-order valence-electron chi connectivity index (χ0n) is 18.4. The van der Waals surface area contributed by atoms with Crippen molar-refractivity contribution in [2.75, 3.05) is 10.6 Å². The molecule has 2 amide bonds. The standard InChI is InChI=1S/C25H22ClF3N2O2S/c1-3-22(24(33)31-21-12-11-17(26)13-20(21)25(27,28)29)34-19-6-4-5-18(14-19)30-23(32)16-9-7-15(2)8-10-16/h4-14,22H,3H2,1-2H3,(H,30,32)(H,31,33). The molecule has 3 aromatic rings. The molecule has 4 nitrogen and oxygen atoms in total. The number of thioether (sulfide) groups is 1. The average molecular weight is 507 g/mol. The molecule has 0 aromatic heterocycles. The number of carbonyl (C=O) groups excluding carboxylic acids is 2. The van der Waals surface area contributed by atoms with Crippen LogP contribution in [-0.2, 0) is 11.0 Å². The van der Waals surface area contributed by atoms with Crippen molar-refractivity contribution in [1.29, 1.82) is 0 Å². The molecular formula is C25H22ClF3N2O2S. The molecule has 0 saturated carbocycles. The number of carbonyl (C=O) groups is 2. The first-order valence-corrected chi connectivity index (χ1v) is 11.6. The molecule has 0 spiro atoms. The SMILES string of the molecule is CCC(Sc1cccc(NC(=O)c2ccc(C)cc2)c1)C(=O)Nc1ccc(Cl)cc1C(F)(F)F. The maximum atomic E-state index is 13.3. The fourth-order valence-electron chi connectivity index (χ4n) is 3.12. The van der Waals surface area contributed by atoms with Crippen molar-refractivity contribution in [2.45, 2.75) is 36.6 Å². The van der Waals surface area contributed by atoms with E-state index in [2.05, 4.69) is 10.6 Å². The predicted octanol–water partition coefficient (Wildman–Crippen LogP) is 7.43. The van der Waals surface area contributed by atoms with Crippen molar-refractivity contribution < 1.29 is 22.8 Å². The van der Waals surface area contributed by atoms with E-state index in [-0.39, 0.29) is 16.6 Å². The van der Waals surface area contributed by atoms with Crippen LogP contribution in [0.5, 0.6) is 0 Å². The molecule has 34 heavy (non-hydrogen) atoms. The highest BCUT2D eigenvalue weighted by molar-refractivity contribution is 8.00. The van der Waals surface area contributed by atoms with E-state index in [0.29, 0.717) is 22.6 Å². The van der Waals surface area contributed by atoms with Crippen LogP contribution < -0.4 is 10.6 Å². The Balaban J connectivity index is 1.71. The van der Waals surface area contributed by atoms with Gasteiger partial charge < -0.3 is 10.6 Å². The molecular weight excluding hydrogens is 485 g/mol. The number of benzene rings is 3. The summed E-state index contributed by atoms with van der Waals surface area (Å²) >= 11 is 6.91. The van der Waals surface area contributed by atoms with Crippen molar-refractivity contribution in [3.8, 4) is 0 Å². The molecule has 0 heterocycles. The number of nitrogens with one attached hydrogen (secondary N) is 2. The maximum Gasteiger partial charge on any atom is 0.418 e. The van der Waals surface area contributed by atoms with Crippen LogP contribution >= 0.6 is 23.4 Å². The van der Waals surface area contributed by atoms with Crippen molar-refractivity contribution in [1.82, 2.24) is 0 Å². The molecule has 1 atom stereocenters. The molecule has 0 bridgehead atoms. The number of alkyl halides is 3. The molecule has 0 saturated heterocycles. The summed E-state index contributed by atoms with van der Waals surface area (Å²) in [4.78, 5) is 26.0. The van der Waals surface area contributed by atoms with Crippen molar-refractivity contribution in [3.05, 3.63) is 88.4 Å². The fraction of sp³-hybridized carbons (Fsp3) is 0.200. The van der Waals surface area contributed by atoms with Gasteiger partial charge in [-0.25, -0.2) is 0 Å². The van der Waals surface area contributed by atoms with Gasteiger partial charge in [0.15, 0.2) is 0 Å². The zero-order chi connectivity index (χ0) is 24.9. The van der Waals surface area contributed by atoms with Crippen LogP contribution in [0.15, 0.2) is 71.6 Å². The molecule has 178 valence electrons. The van der Waals surface area contributed by atoms with Gasteiger partial charge in [-0.3, -0.25) is 9.59 Å². The van der Waals surface area contributed by atoms with E-state index in [1.165, 1.54) is 17.8 Å². The second kappa shape index (κ2) is 11.0. The van der Waals surface area contributed by atoms with E-state index in [0.717, 1.165) is 17.7 Å². The molecule has 1 unspecified atom stereocenters. The number of hydrogen-bond donors (Lipinski definition) is 2. The predicted molar refractivity (Wildman–Crippen MR) is 131 cm³/mol. The van der Waals surface area contributed by atoms with Gasteiger partial charge in [0, 0.05) is 21.2 Å². The summed E-state index contributed by atoms with van der Waals surface area (Å²) in [5.74, 6) is -0.830. The normalized spacial score (nSPS) is 12.2. The molecule has 0 aliphatic rings. The molecule has 2 N–H and O–H groups in total. The van der Waals surface area contributed by atoms with E-state index < -0.39 is 22.9 Å². The molecule has 3 aromatic carbocycles. The molecule has 9 heteroatoms. The van der Waals surface area contributed by atoms with Gasteiger partial charge in [-0.1, -0.05) is 42.3 Å². The van der Waals surface area contributed by atoms with Gasteiger partial charge in [0.05, 0.1) is 16.5 Å². The summed E-state index contributed by atoms with van der Waals surface area (Å²) in [6.45, 7) is 3.70. The molecule has 0 aliphatic carbocycles. The number of amides is 2. The van der Waals surface area contributed by atoms with Gasteiger partial charge in [-0.05, 0) is 61.9 Å². The second-order valence-electron chi connectivity index (χ2n) is 7.54. The molecule has 0 radical (unpaired) electrons. The van der Waals surface area contributed by atoms with Crippen LogP contribution in [0.1, 0.15) is 34.8 Å².